The van der Waals surface area contributed by atoms with Gasteiger partial charge in [-0.05, 0) is 23.3 Å². The van der Waals surface area contributed by atoms with Gasteiger partial charge in [0.25, 0.3) is 5.92 Å². The lowest BCUT2D eigenvalue weighted by molar-refractivity contribution is 0.0175. The molecule has 2 heterocycles. The van der Waals surface area contributed by atoms with E-state index in [1.807, 2.05) is 11.4 Å². The summed E-state index contributed by atoms with van der Waals surface area (Å²) in [6.45, 7) is 4.61. The van der Waals surface area contributed by atoms with Crippen LogP contribution >= 0.6 is 11.3 Å². The zero-order valence-electron chi connectivity index (χ0n) is 16.4. The summed E-state index contributed by atoms with van der Waals surface area (Å²) in [5, 5.41) is 6.30. The third-order valence-electron chi connectivity index (χ3n) is 4.79. The van der Waals surface area contributed by atoms with Crippen LogP contribution in [0.1, 0.15) is 18.1 Å². The number of hydrogen-bond donors (Lipinski definition) is 0. The maximum atomic E-state index is 14.4. The second kappa shape index (κ2) is 7.57. The first-order valence-electron chi connectivity index (χ1n) is 9.18. The Hall–Kier alpha value is -3.19. The molecule has 0 atom stereocenters. The number of aryl methyl sites for hydroxylation is 1. The quantitative estimate of drug-likeness (QED) is 0.353. The van der Waals surface area contributed by atoms with Crippen LogP contribution in [0.15, 0.2) is 60.5 Å². The number of hydrogen-bond acceptors (Lipinski definition) is 3. The summed E-state index contributed by atoms with van der Waals surface area (Å²) >= 11 is 1.48. The van der Waals surface area contributed by atoms with E-state index in [4.69, 9.17) is 0 Å². The summed E-state index contributed by atoms with van der Waals surface area (Å²) in [5.41, 5.74) is 2.55. The van der Waals surface area contributed by atoms with Crippen LogP contribution in [0.3, 0.4) is 0 Å². The van der Waals surface area contributed by atoms with E-state index in [1.54, 1.807) is 42.1 Å². The van der Waals surface area contributed by atoms with Crippen LogP contribution in [0, 0.1) is 5.82 Å². The zero-order chi connectivity index (χ0) is 21.5. The minimum atomic E-state index is -2.87. The number of nitrogens with zero attached hydrogens (tertiary/aromatic N) is 3. The van der Waals surface area contributed by atoms with E-state index >= 15 is 0 Å². The molecule has 0 saturated carbocycles. The number of aromatic nitrogens is 3. The van der Waals surface area contributed by atoms with E-state index in [1.165, 1.54) is 29.5 Å². The van der Waals surface area contributed by atoms with E-state index < -0.39 is 11.7 Å². The van der Waals surface area contributed by atoms with Crippen LogP contribution in [-0.4, -0.2) is 14.8 Å². The summed E-state index contributed by atoms with van der Waals surface area (Å²) in [6.07, 6.45) is 1.57. The highest BCUT2D eigenvalue weighted by molar-refractivity contribution is 7.14. The molecule has 2 aromatic heterocycles. The molecule has 7 heteroatoms. The van der Waals surface area contributed by atoms with Crippen molar-refractivity contribution in [2.24, 2.45) is 7.05 Å². The molecule has 2 aromatic carbocycles. The summed E-state index contributed by atoms with van der Waals surface area (Å²) < 4.78 is 42.9. The topological polar surface area (TPSA) is 30.7 Å². The smallest absolute Gasteiger partial charge is 0.248 e. The highest BCUT2D eigenvalue weighted by Gasteiger charge is 2.24. The Morgan fingerprint density at radius 2 is 1.83 bits per heavy atom. The Kier molecular flexibility index (Phi) is 5.07. The van der Waals surface area contributed by atoms with Gasteiger partial charge in [0, 0.05) is 35.4 Å². The lowest BCUT2D eigenvalue weighted by Gasteiger charge is -2.10. The molecule has 0 aliphatic carbocycles. The predicted molar refractivity (Wildman–Crippen MR) is 115 cm³/mol. The monoisotopic (exact) mass is 425 g/mol. The molecule has 0 radical (unpaired) electrons. The lowest BCUT2D eigenvalue weighted by Crippen LogP contribution is -2.06. The van der Waals surface area contributed by atoms with Crippen LogP contribution in [-0.2, 0) is 13.0 Å². The summed E-state index contributed by atoms with van der Waals surface area (Å²) in [6, 6.07) is 12.9. The average molecular weight is 425 g/mol. The molecule has 0 aliphatic heterocycles. The predicted octanol–water partition coefficient (Wildman–Crippen LogP) is 6.77. The van der Waals surface area contributed by atoms with Crippen LogP contribution in [0.25, 0.3) is 39.3 Å². The first-order chi connectivity index (χ1) is 14.3. The molecule has 0 aliphatic rings. The van der Waals surface area contributed by atoms with Gasteiger partial charge in [0.1, 0.15) is 5.82 Å². The van der Waals surface area contributed by atoms with E-state index in [0.717, 1.165) is 22.9 Å². The van der Waals surface area contributed by atoms with E-state index in [9.17, 15) is 13.2 Å². The molecule has 30 heavy (non-hydrogen) atoms. The van der Waals surface area contributed by atoms with Gasteiger partial charge < -0.3 is 0 Å². The Bertz CT molecular complexity index is 1220. The van der Waals surface area contributed by atoms with Crippen molar-refractivity contribution in [2.45, 2.75) is 12.8 Å². The van der Waals surface area contributed by atoms with Crippen LogP contribution in [0.4, 0.5) is 13.2 Å². The fourth-order valence-electron chi connectivity index (χ4n) is 3.22. The Morgan fingerprint density at radius 1 is 1.10 bits per heavy atom. The fourth-order valence-corrected chi connectivity index (χ4v) is 4.12. The van der Waals surface area contributed by atoms with Crippen molar-refractivity contribution in [3.05, 3.63) is 77.4 Å². The Morgan fingerprint density at radius 3 is 2.50 bits per heavy atom. The van der Waals surface area contributed by atoms with Gasteiger partial charge in [-0.25, -0.2) is 22.8 Å². The largest absolute Gasteiger partial charge is 0.270 e. The SMILES string of the molecule is C=Cc1cccc(F)c1-c1nc(-c2csc(-c3ccc(C(C)(F)F)cc3)c2)n(C)n1. The molecule has 0 N–H and O–H groups in total. The first-order valence-corrected chi connectivity index (χ1v) is 10.1. The summed E-state index contributed by atoms with van der Waals surface area (Å²) in [4.78, 5) is 5.46. The fraction of sp³-hybridized carbons (Fsp3) is 0.130. The van der Waals surface area contributed by atoms with Crippen molar-refractivity contribution in [2.75, 3.05) is 0 Å². The van der Waals surface area contributed by atoms with Gasteiger partial charge in [-0.2, -0.15) is 5.10 Å². The number of thiophene rings is 1. The minimum Gasteiger partial charge on any atom is -0.248 e. The molecule has 152 valence electrons. The number of alkyl halides is 2. The third kappa shape index (κ3) is 3.68. The Balaban J connectivity index is 1.69. The summed E-state index contributed by atoms with van der Waals surface area (Å²) in [5.74, 6) is -2.42. The van der Waals surface area contributed by atoms with Gasteiger partial charge in [-0.15, -0.1) is 11.3 Å². The minimum absolute atomic E-state index is 0.0242. The van der Waals surface area contributed by atoms with Gasteiger partial charge >= 0.3 is 0 Å². The second-order valence-electron chi connectivity index (χ2n) is 6.96. The highest BCUT2D eigenvalue weighted by atomic mass is 32.1. The van der Waals surface area contributed by atoms with Crippen molar-refractivity contribution >= 4 is 17.4 Å². The van der Waals surface area contributed by atoms with Crippen molar-refractivity contribution in [3.63, 3.8) is 0 Å². The Labute approximate surface area is 176 Å². The molecular weight excluding hydrogens is 407 g/mol. The molecular formula is C23H18F3N3S. The van der Waals surface area contributed by atoms with Gasteiger partial charge in [0.2, 0.25) is 0 Å². The third-order valence-corrected chi connectivity index (χ3v) is 5.77. The number of rotatable bonds is 5. The van der Waals surface area contributed by atoms with Crippen LogP contribution in [0.5, 0.6) is 0 Å². The number of benzene rings is 2. The summed E-state index contributed by atoms with van der Waals surface area (Å²) in [7, 11) is 1.75. The van der Waals surface area contributed by atoms with Crippen LogP contribution < -0.4 is 0 Å². The molecule has 0 bridgehead atoms. The van der Waals surface area contributed by atoms with Crippen molar-refractivity contribution in [1.29, 1.82) is 0 Å². The van der Waals surface area contributed by atoms with Gasteiger partial charge in [-0.1, -0.05) is 49.1 Å². The van der Waals surface area contributed by atoms with E-state index in [2.05, 4.69) is 16.7 Å². The van der Waals surface area contributed by atoms with E-state index in [-0.39, 0.29) is 11.4 Å². The van der Waals surface area contributed by atoms with Crippen molar-refractivity contribution in [1.82, 2.24) is 14.8 Å². The van der Waals surface area contributed by atoms with Crippen molar-refractivity contribution < 1.29 is 13.2 Å². The lowest BCUT2D eigenvalue weighted by atomic mass is 10.1. The van der Waals surface area contributed by atoms with Crippen molar-refractivity contribution in [3.8, 4) is 33.2 Å². The average Bonchev–Trinajstić information content (AvgIpc) is 3.34. The van der Waals surface area contributed by atoms with E-state index in [0.29, 0.717) is 17.0 Å². The zero-order valence-corrected chi connectivity index (χ0v) is 17.2. The molecule has 0 amide bonds. The maximum absolute atomic E-state index is 14.4. The molecule has 0 unspecified atom stereocenters. The number of halogens is 3. The molecule has 3 nitrogen and oxygen atoms in total. The van der Waals surface area contributed by atoms with Crippen LogP contribution in [0.2, 0.25) is 0 Å². The van der Waals surface area contributed by atoms with Gasteiger partial charge in [0.05, 0.1) is 5.56 Å². The highest BCUT2D eigenvalue weighted by Crippen LogP contribution is 2.35. The molecule has 0 spiro atoms. The standard InChI is InChI=1S/C23H18F3N3S/c1-4-14-6-5-7-18(24)20(14)21-27-22(29(3)28-21)16-12-19(30-13-16)15-8-10-17(11-9-15)23(2,25)26/h4-13H,1H2,2-3H3. The first kappa shape index (κ1) is 20.1. The van der Waals surface area contributed by atoms with Gasteiger partial charge in [-0.3, -0.25) is 0 Å². The normalized spacial score (nSPS) is 11.6. The molecule has 0 fully saturated rings. The van der Waals surface area contributed by atoms with Gasteiger partial charge in [0.15, 0.2) is 11.6 Å². The molecule has 4 aromatic rings. The maximum Gasteiger partial charge on any atom is 0.270 e. The molecule has 4 rings (SSSR count). The second-order valence-corrected chi connectivity index (χ2v) is 7.87. The molecule has 0 saturated heterocycles.